The molecule has 0 heterocycles. The SMILES string of the molecule is C/C=C\C1=C(C(/C)=C/CCC)CCC1. The average Bonchev–Trinajstić information content (AvgIpc) is 2.63. The van der Waals surface area contributed by atoms with Gasteiger partial charge in [-0.1, -0.05) is 37.1 Å². The summed E-state index contributed by atoms with van der Waals surface area (Å²) in [6.45, 7) is 6.60. The van der Waals surface area contributed by atoms with Gasteiger partial charge >= 0.3 is 0 Å². The summed E-state index contributed by atoms with van der Waals surface area (Å²) in [5, 5.41) is 0. The van der Waals surface area contributed by atoms with Crippen molar-refractivity contribution in [1.29, 1.82) is 0 Å². The predicted octanol–water partition coefficient (Wildman–Crippen LogP) is 4.79. The van der Waals surface area contributed by atoms with Crippen molar-refractivity contribution in [2.45, 2.75) is 52.9 Å². The Morgan fingerprint density at radius 3 is 2.79 bits per heavy atom. The van der Waals surface area contributed by atoms with Crippen molar-refractivity contribution in [2.75, 3.05) is 0 Å². The lowest BCUT2D eigenvalue weighted by atomic mass is 10.0. The first kappa shape index (κ1) is 11.3. The van der Waals surface area contributed by atoms with E-state index in [4.69, 9.17) is 0 Å². The molecule has 0 radical (unpaired) electrons. The monoisotopic (exact) mass is 190 g/mol. The molecule has 0 fully saturated rings. The zero-order valence-corrected chi connectivity index (χ0v) is 9.77. The van der Waals surface area contributed by atoms with Crippen LogP contribution < -0.4 is 0 Å². The van der Waals surface area contributed by atoms with E-state index in [0.717, 1.165) is 0 Å². The summed E-state index contributed by atoms with van der Waals surface area (Å²) >= 11 is 0. The quantitative estimate of drug-likeness (QED) is 0.598. The lowest BCUT2D eigenvalue weighted by Gasteiger charge is -2.04. The molecular formula is C14H22. The largest absolute Gasteiger partial charge is 0.0874 e. The number of rotatable bonds is 4. The van der Waals surface area contributed by atoms with Gasteiger partial charge in [0.2, 0.25) is 0 Å². The predicted molar refractivity (Wildman–Crippen MR) is 64.4 cm³/mol. The maximum atomic E-state index is 2.39. The van der Waals surface area contributed by atoms with Crippen LogP contribution in [0.2, 0.25) is 0 Å². The van der Waals surface area contributed by atoms with Crippen molar-refractivity contribution in [3.8, 4) is 0 Å². The zero-order chi connectivity index (χ0) is 10.4. The Hall–Kier alpha value is -0.780. The molecule has 0 aromatic rings. The lowest BCUT2D eigenvalue weighted by molar-refractivity contribution is 0.896. The highest BCUT2D eigenvalue weighted by molar-refractivity contribution is 5.41. The Bertz CT molecular complexity index is 264. The van der Waals surface area contributed by atoms with E-state index in [2.05, 4.69) is 39.0 Å². The van der Waals surface area contributed by atoms with Gasteiger partial charge < -0.3 is 0 Å². The molecule has 0 saturated carbocycles. The molecule has 0 bridgehead atoms. The maximum Gasteiger partial charge on any atom is -0.0270 e. The standard InChI is InChI=1S/C14H22/c1-4-6-9-12(3)14-11-7-10-13(14)8-5-2/h5,8-9H,4,6-7,10-11H2,1-3H3/b8-5-,12-9+. The summed E-state index contributed by atoms with van der Waals surface area (Å²) in [4.78, 5) is 0. The fraction of sp³-hybridized carbons (Fsp3) is 0.571. The van der Waals surface area contributed by atoms with Crippen molar-refractivity contribution in [3.63, 3.8) is 0 Å². The molecule has 0 amide bonds. The van der Waals surface area contributed by atoms with Gasteiger partial charge in [-0.3, -0.25) is 0 Å². The average molecular weight is 190 g/mol. The van der Waals surface area contributed by atoms with Crippen LogP contribution in [0.4, 0.5) is 0 Å². The van der Waals surface area contributed by atoms with Gasteiger partial charge in [0.05, 0.1) is 0 Å². The first-order valence-electron chi connectivity index (χ1n) is 5.81. The molecule has 0 atom stereocenters. The molecule has 0 aliphatic heterocycles. The second kappa shape index (κ2) is 5.85. The fourth-order valence-corrected chi connectivity index (χ4v) is 2.09. The van der Waals surface area contributed by atoms with Gasteiger partial charge in [0, 0.05) is 0 Å². The number of unbranched alkanes of at least 4 members (excludes halogenated alkanes) is 1. The van der Waals surface area contributed by atoms with Gasteiger partial charge in [0.1, 0.15) is 0 Å². The molecule has 0 spiro atoms. The van der Waals surface area contributed by atoms with E-state index >= 15 is 0 Å². The molecular weight excluding hydrogens is 168 g/mol. The van der Waals surface area contributed by atoms with Gasteiger partial charge in [0.15, 0.2) is 0 Å². The Balaban J connectivity index is 2.78. The van der Waals surface area contributed by atoms with Crippen molar-refractivity contribution in [3.05, 3.63) is 34.9 Å². The topological polar surface area (TPSA) is 0 Å². The van der Waals surface area contributed by atoms with Crippen LogP contribution in [0.3, 0.4) is 0 Å². The van der Waals surface area contributed by atoms with Crippen LogP contribution in [0.15, 0.2) is 34.9 Å². The Morgan fingerprint density at radius 1 is 1.36 bits per heavy atom. The summed E-state index contributed by atoms with van der Waals surface area (Å²) in [6, 6.07) is 0. The molecule has 0 heteroatoms. The van der Waals surface area contributed by atoms with E-state index in [0.29, 0.717) is 0 Å². The van der Waals surface area contributed by atoms with E-state index in [1.165, 1.54) is 37.7 Å². The molecule has 0 saturated heterocycles. The highest BCUT2D eigenvalue weighted by Gasteiger charge is 2.12. The molecule has 1 aliphatic rings. The van der Waals surface area contributed by atoms with Gasteiger partial charge in [-0.15, -0.1) is 0 Å². The fourth-order valence-electron chi connectivity index (χ4n) is 2.09. The summed E-state index contributed by atoms with van der Waals surface area (Å²) in [6.07, 6.45) is 13.2. The number of allylic oxidation sites excluding steroid dienone is 6. The Morgan fingerprint density at radius 2 is 2.14 bits per heavy atom. The molecule has 0 N–H and O–H groups in total. The molecule has 0 nitrogen and oxygen atoms in total. The lowest BCUT2D eigenvalue weighted by Crippen LogP contribution is -1.84. The van der Waals surface area contributed by atoms with Crippen LogP contribution >= 0.6 is 0 Å². The van der Waals surface area contributed by atoms with E-state index in [1.54, 1.807) is 11.1 Å². The van der Waals surface area contributed by atoms with Crippen LogP contribution in [-0.4, -0.2) is 0 Å². The third-order valence-electron chi connectivity index (χ3n) is 2.84. The van der Waals surface area contributed by atoms with Gasteiger partial charge in [-0.05, 0) is 50.7 Å². The van der Waals surface area contributed by atoms with E-state index < -0.39 is 0 Å². The Labute approximate surface area is 88.4 Å². The van der Waals surface area contributed by atoms with Crippen LogP contribution in [0, 0.1) is 0 Å². The minimum Gasteiger partial charge on any atom is -0.0874 e. The molecule has 14 heavy (non-hydrogen) atoms. The van der Waals surface area contributed by atoms with E-state index in [9.17, 15) is 0 Å². The van der Waals surface area contributed by atoms with E-state index in [1.807, 2.05) is 0 Å². The summed E-state index contributed by atoms with van der Waals surface area (Å²) in [7, 11) is 0. The molecule has 0 aromatic heterocycles. The minimum absolute atomic E-state index is 1.22. The number of hydrogen-bond donors (Lipinski definition) is 0. The third kappa shape index (κ3) is 2.87. The molecule has 1 aliphatic carbocycles. The first-order valence-corrected chi connectivity index (χ1v) is 5.81. The first-order chi connectivity index (χ1) is 6.79. The minimum atomic E-state index is 1.22. The van der Waals surface area contributed by atoms with Gasteiger partial charge in [-0.25, -0.2) is 0 Å². The maximum absolute atomic E-state index is 2.39. The molecule has 78 valence electrons. The van der Waals surface area contributed by atoms with Crippen LogP contribution in [0.25, 0.3) is 0 Å². The van der Waals surface area contributed by atoms with Crippen LogP contribution in [0.5, 0.6) is 0 Å². The summed E-state index contributed by atoms with van der Waals surface area (Å²) in [5.74, 6) is 0. The van der Waals surface area contributed by atoms with Crippen molar-refractivity contribution < 1.29 is 0 Å². The normalized spacial score (nSPS) is 18.6. The second-order valence-electron chi connectivity index (χ2n) is 4.03. The second-order valence-corrected chi connectivity index (χ2v) is 4.03. The highest BCUT2D eigenvalue weighted by atomic mass is 14.2. The summed E-state index contributed by atoms with van der Waals surface area (Å²) < 4.78 is 0. The van der Waals surface area contributed by atoms with Gasteiger partial charge in [0.25, 0.3) is 0 Å². The Kier molecular flexibility index (Phi) is 4.72. The molecule has 0 aromatic carbocycles. The third-order valence-corrected chi connectivity index (χ3v) is 2.84. The number of hydrogen-bond acceptors (Lipinski definition) is 0. The highest BCUT2D eigenvalue weighted by Crippen LogP contribution is 2.32. The van der Waals surface area contributed by atoms with Crippen molar-refractivity contribution in [2.24, 2.45) is 0 Å². The van der Waals surface area contributed by atoms with Gasteiger partial charge in [-0.2, -0.15) is 0 Å². The van der Waals surface area contributed by atoms with Crippen molar-refractivity contribution in [1.82, 2.24) is 0 Å². The van der Waals surface area contributed by atoms with E-state index in [-0.39, 0.29) is 0 Å². The van der Waals surface area contributed by atoms with Crippen LogP contribution in [0.1, 0.15) is 52.9 Å². The summed E-state index contributed by atoms with van der Waals surface area (Å²) in [5.41, 5.74) is 4.69. The van der Waals surface area contributed by atoms with Crippen LogP contribution in [-0.2, 0) is 0 Å². The molecule has 0 unspecified atom stereocenters. The van der Waals surface area contributed by atoms with Crippen molar-refractivity contribution >= 4 is 0 Å². The zero-order valence-electron chi connectivity index (χ0n) is 9.77. The smallest absolute Gasteiger partial charge is 0.0270 e. The molecule has 1 rings (SSSR count).